The van der Waals surface area contributed by atoms with Gasteiger partial charge in [0.1, 0.15) is 0 Å². The summed E-state index contributed by atoms with van der Waals surface area (Å²) in [5.74, 6) is 0.416. The smallest absolute Gasteiger partial charge is 0.230 e. The van der Waals surface area contributed by atoms with E-state index in [2.05, 4.69) is 24.1 Å². The average Bonchev–Trinajstić information content (AvgIpc) is 3.01. The first-order valence-electron chi connectivity index (χ1n) is 7.25. The van der Waals surface area contributed by atoms with Crippen molar-refractivity contribution in [2.24, 2.45) is 5.41 Å². The maximum Gasteiger partial charge on any atom is 0.230 e. The van der Waals surface area contributed by atoms with Crippen LogP contribution in [-0.2, 0) is 4.79 Å². The first-order chi connectivity index (χ1) is 8.23. The Labute approximate surface area is 105 Å². The van der Waals surface area contributed by atoms with Crippen LogP contribution in [0.3, 0.4) is 0 Å². The van der Waals surface area contributed by atoms with E-state index < -0.39 is 0 Å². The summed E-state index contributed by atoms with van der Waals surface area (Å²) in [5.41, 5.74) is -0.0986. The average molecular weight is 238 g/mol. The molecule has 1 saturated heterocycles. The van der Waals surface area contributed by atoms with Crippen LogP contribution in [0.15, 0.2) is 0 Å². The van der Waals surface area contributed by atoms with Crippen molar-refractivity contribution in [3.05, 3.63) is 0 Å². The highest BCUT2D eigenvalue weighted by Crippen LogP contribution is 2.34. The van der Waals surface area contributed by atoms with Crippen molar-refractivity contribution in [2.75, 3.05) is 19.6 Å². The zero-order valence-electron chi connectivity index (χ0n) is 11.3. The lowest BCUT2D eigenvalue weighted by Gasteiger charge is -2.36. The molecule has 1 aliphatic carbocycles. The minimum atomic E-state index is -0.0986. The molecule has 1 saturated carbocycles. The van der Waals surface area contributed by atoms with Crippen LogP contribution in [0.25, 0.3) is 0 Å². The number of carbonyl (C=O) groups excluding carboxylic acids is 1. The summed E-state index contributed by atoms with van der Waals surface area (Å²) < 4.78 is 0. The Morgan fingerprint density at radius 1 is 1.35 bits per heavy atom. The van der Waals surface area contributed by atoms with Crippen LogP contribution < -0.4 is 5.32 Å². The van der Waals surface area contributed by atoms with E-state index in [4.69, 9.17) is 0 Å². The minimum absolute atomic E-state index is 0.0986. The molecule has 17 heavy (non-hydrogen) atoms. The fourth-order valence-corrected chi connectivity index (χ4v) is 3.47. The van der Waals surface area contributed by atoms with Crippen LogP contribution >= 0.6 is 0 Å². The van der Waals surface area contributed by atoms with E-state index >= 15 is 0 Å². The Morgan fingerprint density at radius 3 is 2.53 bits per heavy atom. The summed E-state index contributed by atoms with van der Waals surface area (Å²) in [6.07, 6.45) is 7.02. The fourth-order valence-electron chi connectivity index (χ4n) is 3.47. The number of rotatable bonds is 4. The number of nitrogens with one attached hydrogen (secondary N) is 1. The van der Waals surface area contributed by atoms with Gasteiger partial charge < -0.3 is 10.2 Å². The number of nitrogens with zero attached hydrogens (tertiary/aromatic N) is 1. The monoisotopic (exact) mass is 238 g/mol. The van der Waals surface area contributed by atoms with Crippen LogP contribution in [-0.4, -0.2) is 36.5 Å². The van der Waals surface area contributed by atoms with E-state index in [1.54, 1.807) is 0 Å². The standard InChI is InChI=1S/C14H26N2O/c1-3-14(9-10-15-11-14)13(17)16(4-2)12-7-5-6-8-12/h12,15H,3-11H2,1-2H3. The summed E-state index contributed by atoms with van der Waals surface area (Å²) in [5, 5.41) is 3.37. The second-order valence-electron chi connectivity index (χ2n) is 5.59. The molecule has 3 nitrogen and oxygen atoms in total. The van der Waals surface area contributed by atoms with E-state index in [1.165, 1.54) is 25.7 Å². The molecule has 0 bridgehead atoms. The Kier molecular flexibility index (Phi) is 4.08. The molecule has 2 fully saturated rings. The maximum absolute atomic E-state index is 12.8. The SMILES string of the molecule is CCN(C(=O)C1(CC)CCNC1)C1CCCC1. The van der Waals surface area contributed by atoms with Gasteiger partial charge in [-0.15, -0.1) is 0 Å². The largest absolute Gasteiger partial charge is 0.339 e. The summed E-state index contributed by atoms with van der Waals surface area (Å²) in [6.45, 7) is 7.05. The molecular weight excluding hydrogens is 212 g/mol. The quantitative estimate of drug-likeness (QED) is 0.814. The van der Waals surface area contributed by atoms with E-state index in [0.29, 0.717) is 11.9 Å². The molecule has 1 amide bonds. The minimum Gasteiger partial charge on any atom is -0.339 e. The summed E-state index contributed by atoms with van der Waals surface area (Å²) in [4.78, 5) is 15.0. The van der Waals surface area contributed by atoms with Gasteiger partial charge >= 0.3 is 0 Å². The molecule has 1 aliphatic heterocycles. The third-order valence-electron chi connectivity index (χ3n) is 4.74. The van der Waals surface area contributed by atoms with Gasteiger partial charge in [-0.25, -0.2) is 0 Å². The summed E-state index contributed by atoms with van der Waals surface area (Å²) in [6, 6.07) is 0.525. The van der Waals surface area contributed by atoms with Gasteiger partial charge in [-0.2, -0.15) is 0 Å². The molecule has 3 heteroatoms. The molecule has 1 unspecified atom stereocenters. The fraction of sp³-hybridized carbons (Fsp3) is 0.929. The highest BCUT2D eigenvalue weighted by molar-refractivity contribution is 5.83. The predicted molar refractivity (Wildman–Crippen MR) is 69.9 cm³/mol. The molecule has 0 radical (unpaired) electrons. The predicted octanol–water partition coefficient (Wildman–Crippen LogP) is 2.17. The van der Waals surface area contributed by atoms with Gasteiger partial charge in [-0.1, -0.05) is 19.8 Å². The number of carbonyl (C=O) groups is 1. The van der Waals surface area contributed by atoms with Gasteiger partial charge in [-0.05, 0) is 39.2 Å². The third-order valence-corrected chi connectivity index (χ3v) is 4.74. The maximum atomic E-state index is 12.8. The van der Waals surface area contributed by atoms with Crippen LogP contribution in [0.5, 0.6) is 0 Å². The van der Waals surface area contributed by atoms with Crippen LogP contribution in [0, 0.1) is 5.41 Å². The van der Waals surface area contributed by atoms with Crippen molar-refractivity contribution in [1.29, 1.82) is 0 Å². The molecule has 1 N–H and O–H groups in total. The second-order valence-corrected chi connectivity index (χ2v) is 5.59. The van der Waals surface area contributed by atoms with Gasteiger partial charge in [0.05, 0.1) is 5.41 Å². The lowest BCUT2D eigenvalue weighted by molar-refractivity contribution is -0.143. The number of amides is 1. The Morgan fingerprint density at radius 2 is 2.06 bits per heavy atom. The van der Waals surface area contributed by atoms with Crippen molar-refractivity contribution in [3.8, 4) is 0 Å². The number of hydrogen-bond acceptors (Lipinski definition) is 2. The molecule has 2 aliphatic rings. The van der Waals surface area contributed by atoms with E-state index in [-0.39, 0.29) is 5.41 Å². The van der Waals surface area contributed by atoms with Crippen molar-refractivity contribution in [1.82, 2.24) is 10.2 Å². The van der Waals surface area contributed by atoms with Crippen molar-refractivity contribution < 1.29 is 4.79 Å². The molecule has 98 valence electrons. The zero-order valence-corrected chi connectivity index (χ0v) is 11.3. The Bertz CT molecular complexity index is 265. The summed E-state index contributed by atoms with van der Waals surface area (Å²) >= 11 is 0. The molecule has 0 aromatic carbocycles. The normalized spacial score (nSPS) is 29.8. The highest BCUT2D eigenvalue weighted by Gasteiger charge is 2.43. The van der Waals surface area contributed by atoms with Crippen molar-refractivity contribution in [2.45, 2.75) is 58.4 Å². The third kappa shape index (κ3) is 2.35. The van der Waals surface area contributed by atoms with Crippen molar-refractivity contribution in [3.63, 3.8) is 0 Å². The van der Waals surface area contributed by atoms with E-state index in [0.717, 1.165) is 32.5 Å². The molecule has 1 atom stereocenters. The van der Waals surface area contributed by atoms with Gasteiger partial charge in [0.25, 0.3) is 0 Å². The van der Waals surface area contributed by atoms with Gasteiger partial charge in [-0.3, -0.25) is 4.79 Å². The topological polar surface area (TPSA) is 32.3 Å². The van der Waals surface area contributed by atoms with E-state index in [9.17, 15) is 4.79 Å². The molecule has 1 heterocycles. The Balaban J connectivity index is 2.09. The van der Waals surface area contributed by atoms with Crippen LogP contribution in [0.1, 0.15) is 52.4 Å². The van der Waals surface area contributed by atoms with E-state index in [1.807, 2.05) is 0 Å². The first kappa shape index (κ1) is 12.9. The van der Waals surface area contributed by atoms with Crippen molar-refractivity contribution >= 4 is 5.91 Å². The molecule has 0 aromatic rings. The Hall–Kier alpha value is -0.570. The summed E-state index contributed by atoms with van der Waals surface area (Å²) in [7, 11) is 0. The highest BCUT2D eigenvalue weighted by atomic mass is 16.2. The first-order valence-corrected chi connectivity index (χ1v) is 7.25. The zero-order chi connectivity index (χ0) is 12.3. The van der Waals surface area contributed by atoms with Gasteiger partial charge in [0.15, 0.2) is 0 Å². The molecular formula is C14H26N2O. The number of hydrogen-bond donors (Lipinski definition) is 1. The van der Waals surface area contributed by atoms with Crippen LogP contribution in [0.2, 0.25) is 0 Å². The molecule has 2 rings (SSSR count). The lowest BCUT2D eigenvalue weighted by Crippen LogP contribution is -2.48. The van der Waals surface area contributed by atoms with Gasteiger partial charge in [0, 0.05) is 19.1 Å². The second kappa shape index (κ2) is 5.38. The molecule has 0 spiro atoms. The van der Waals surface area contributed by atoms with Gasteiger partial charge in [0.2, 0.25) is 5.91 Å². The van der Waals surface area contributed by atoms with Crippen LogP contribution in [0.4, 0.5) is 0 Å². The molecule has 0 aromatic heterocycles. The lowest BCUT2D eigenvalue weighted by atomic mass is 9.82.